The standard InChI is InChI=1S/C11H20BrNO/c12-4-1-10-2-5-13(7-10)8-11-3-6-14-9-11/h10-11H,1-9H2. The molecule has 2 saturated heterocycles. The van der Waals surface area contributed by atoms with E-state index in [1.54, 1.807) is 0 Å². The highest BCUT2D eigenvalue weighted by Crippen LogP contribution is 2.23. The van der Waals surface area contributed by atoms with Gasteiger partial charge in [-0.1, -0.05) is 15.9 Å². The second-order valence-corrected chi connectivity index (χ2v) is 5.41. The van der Waals surface area contributed by atoms with Gasteiger partial charge in [-0.2, -0.15) is 0 Å². The van der Waals surface area contributed by atoms with E-state index < -0.39 is 0 Å². The minimum absolute atomic E-state index is 0.817. The molecule has 2 rings (SSSR count). The molecule has 0 aliphatic carbocycles. The molecule has 2 atom stereocenters. The quantitative estimate of drug-likeness (QED) is 0.720. The third kappa shape index (κ3) is 2.94. The first-order valence-electron chi connectivity index (χ1n) is 5.74. The number of alkyl halides is 1. The first kappa shape index (κ1) is 10.9. The zero-order valence-electron chi connectivity index (χ0n) is 8.75. The van der Waals surface area contributed by atoms with Crippen molar-refractivity contribution < 1.29 is 4.74 Å². The molecule has 2 nitrogen and oxygen atoms in total. The van der Waals surface area contributed by atoms with Crippen molar-refractivity contribution in [2.45, 2.75) is 19.3 Å². The van der Waals surface area contributed by atoms with Crippen molar-refractivity contribution in [2.75, 3.05) is 38.2 Å². The number of rotatable bonds is 4. The molecule has 0 amide bonds. The molecule has 0 N–H and O–H groups in total. The summed E-state index contributed by atoms with van der Waals surface area (Å²) in [6.45, 7) is 5.90. The molecule has 2 fully saturated rings. The third-order valence-corrected chi connectivity index (χ3v) is 3.89. The minimum atomic E-state index is 0.817. The van der Waals surface area contributed by atoms with E-state index in [2.05, 4.69) is 20.8 Å². The Morgan fingerprint density at radius 2 is 2.21 bits per heavy atom. The van der Waals surface area contributed by atoms with Gasteiger partial charge >= 0.3 is 0 Å². The van der Waals surface area contributed by atoms with Crippen LogP contribution < -0.4 is 0 Å². The SMILES string of the molecule is BrCCC1CCN(CC2CCOC2)C1. The van der Waals surface area contributed by atoms with Crippen molar-refractivity contribution >= 4 is 15.9 Å². The van der Waals surface area contributed by atoms with Gasteiger partial charge in [0, 0.05) is 25.0 Å². The highest BCUT2D eigenvalue weighted by molar-refractivity contribution is 9.09. The monoisotopic (exact) mass is 261 g/mol. The topological polar surface area (TPSA) is 12.5 Å². The number of likely N-dealkylation sites (tertiary alicyclic amines) is 1. The van der Waals surface area contributed by atoms with Crippen molar-refractivity contribution in [1.82, 2.24) is 4.90 Å². The Bertz CT molecular complexity index is 171. The van der Waals surface area contributed by atoms with Gasteiger partial charge in [0.1, 0.15) is 0 Å². The van der Waals surface area contributed by atoms with Crippen LogP contribution in [0.15, 0.2) is 0 Å². The summed E-state index contributed by atoms with van der Waals surface area (Å²) in [5.41, 5.74) is 0. The Morgan fingerprint density at radius 1 is 1.29 bits per heavy atom. The van der Waals surface area contributed by atoms with Crippen molar-refractivity contribution in [1.29, 1.82) is 0 Å². The highest BCUT2D eigenvalue weighted by Gasteiger charge is 2.25. The Hall–Kier alpha value is 0.400. The van der Waals surface area contributed by atoms with E-state index >= 15 is 0 Å². The third-order valence-electron chi connectivity index (χ3n) is 3.43. The van der Waals surface area contributed by atoms with Crippen LogP contribution in [0, 0.1) is 11.8 Å². The van der Waals surface area contributed by atoms with Crippen LogP contribution in [-0.2, 0) is 4.74 Å². The molecule has 14 heavy (non-hydrogen) atoms. The maximum atomic E-state index is 5.41. The van der Waals surface area contributed by atoms with Gasteiger partial charge < -0.3 is 9.64 Å². The molecule has 2 aliphatic heterocycles. The minimum Gasteiger partial charge on any atom is -0.381 e. The molecule has 2 heterocycles. The van der Waals surface area contributed by atoms with Crippen LogP contribution in [0.4, 0.5) is 0 Å². The van der Waals surface area contributed by atoms with Gasteiger partial charge in [0.2, 0.25) is 0 Å². The lowest BCUT2D eigenvalue weighted by Crippen LogP contribution is -2.27. The summed E-state index contributed by atoms with van der Waals surface area (Å²) < 4.78 is 5.41. The van der Waals surface area contributed by atoms with E-state index in [0.29, 0.717) is 0 Å². The summed E-state index contributed by atoms with van der Waals surface area (Å²) in [4.78, 5) is 2.63. The Kier molecular flexibility index (Phi) is 4.26. The van der Waals surface area contributed by atoms with E-state index in [1.807, 2.05) is 0 Å². The lowest BCUT2D eigenvalue weighted by molar-refractivity contribution is 0.173. The number of hydrogen-bond donors (Lipinski definition) is 0. The fourth-order valence-electron chi connectivity index (χ4n) is 2.56. The normalized spacial score (nSPS) is 34.1. The molecule has 0 aromatic heterocycles. The van der Waals surface area contributed by atoms with Gasteiger partial charge in [0.25, 0.3) is 0 Å². The predicted octanol–water partition coefficient (Wildman–Crippen LogP) is 2.13. The summed E-state index contributed by atoms with van der Waals surface area (Å²) in [5.74, 6) is 1.76. The maximum absolute atomic E-state index is 5.41. The fourth-order valence-corrected chi connectivity index (χ4v) is 3.21. The highest BCUT2D eigenvalue weighted by atomic mass is 79.9. The molecule has 0 aromatic rings. The molecule has 2 unspecified atom stereocenters. The Balaban J connectivity index is 1.67. The molecule has 0 saturated carbocycles. The van der Waals surface area contributed by atoms with Crippen LogP contribution in [0.1, 0.15) is 19.3 Å². The van der Waals surface area contributed by atoms with E-state index in [-0.39, 0.29) is 0 Å². The summed E-state index contributed by atoms with van der Waals surface area (Å²) in [6, 6.07) is 0. The molecular formula is C11H20BrNO. The number of halogens is 1. The summed E-state index contributed by atoms with van der Waals surface area (Å²) >= 11 is 3.53. The van der Waals surface area contributed by atoms with Crippen molar-refractivity contribution in [3.8, 4) is 0 Å². The van der Waals surface area contributed by atoms with Crippen molar-refractivity contribution in [2.24, 2.45) is 11.8 Å². The van der Waals surface area contributed by atoms with Crippen LogP contribution in [-0.4, -0.2) is 43.1 Å². The van der Waals surface area contributed by atoms with Crippen LogP contribution in [0.5, 0.6) is 0 Å². The largest absolute Gasteiger partial charge is 0.381 e. The van der Waals surface area contributed by atoms with Crippen molar-refractivity contribution in [3.63, 3.8) is 0 Å². The first-order valence-corrected chi connectivity index (χ1v) is 6.86. The van der Waals surface area contributed by atoms with Gasteiger partial charge in [-0.25, -0.2) is 0 Å². The summed E-state index contributed by atoms with van der Waals surface area (Å²) in [6.07, 6.45) is 4.02. The van der Waals surface area contributed by atoms with E-state index in [9.17, 15) is 0 Å². The summed E-state index contributed by atoms with van der Waals surface area (Å²) in [7, 11) is 0. The average Bonchev–Trinajstić information content (AvgIpc) is 2.79. The Labute approximate surface area is 95.1 Å². The number of ether oxygens (including phenoxy) is 1. The van der Waals surface area contributed by atoms with Gasteiger partial charge in [-0.05, 0) is 37.6 Å². The van der Waals surface area contributed by atoms with Crippen molar-refractivity contribution in [3.05, 3.63) is 0 Å². The molecule has 0 spiro atoms. The molecule has 0 aromatic carbocycles. The molecule has 82 valence electrons. The molecule has 0 bridgehead atoms. The zero-order valence-corrected chi connectivity index (χ0v) is 10.3. The second-order valence-electron chi connectivity index (χ2n) is 4.62. The maximum Gasteiger partial charge on any atom is 0.0507 e. The zero-order chi connectivity index (χ0) is 9.80. The average molecular weight is 262 g/mol. The van der Waals surface area contributed by atoms with Gasteiger partial charge in [-0.15, -0.1) is 0 Å². The van der Waals surface area contributed by atoms with Crippen LogP contribution in [0.3, 0.4) is 0 Å². The van der Waals surface area contributed by atoms with Gasteiger partial charge in [0.05, 0.1) is 6.61 Å². The fraction of sp³-hybridized carbons (Fsp3) is 1.00. The van der Waals surface area contributed by atoms with Crippen LogP contribution in [0.2, 0.25) is 0 Å². The number of nitrogens with zero attached hydrogens (tertiary/aromatic N) is 1. The molecule has 2 aliphatic rings. The van der Waals surface area contributed by atoms with Crippen LogP contribution >= 0.6 is 15.9 Å². The van der Waals surface area contributed by atoms with Gasteiger partial charge in [0.15, 0.2) is 0 Å². The predicted molar refractivity (Wildman–Crippen MR) is 61.9 cm³/mol. The van der Waals surface area contributed by atoms with E-state index in [0.717, 1.165) is 30.4 Å². The molecule has 0 radical (unpaired) electrons. The second kappa shape index (κ2) is 5.47. The smallest absolute Gasteiger partial charge is 0.0507 e. The van der Waals surface area contributed by atoms with Crippen LogP contribution in [0.25, 0.3) is 0 Å². The molecular weight excluding hydrogens is 242 g/mol. The van der Waals surface area contributed by atoms with Gasteiger partial charge in [-0.3, -0.25) is 0 Å². The lowest BCUT2D eigenvalue weighted by atomic mass is 10.1. The lowest BCUT2D eigenvalue weighted by Gasteiger charge is -2.19. The number of hydrogen-bond acceptors (Lipinski definition) is 2. The van der Waals surface area contributed by atoms with E-state index in [4.69, 9.17) is 4.74 Å². The summed E-state index contributed by atoms with van der Waals surface area (Å²) in [5, 5.41) is 1.16. The van der Waals surface area contributed by atoms with E-state index in [1.165, 1.54) is 38.9 Å². The molecule has 3 heteroatoms. The first-order chi connectivity index (χ1) is 6.88. The Morgan fingerprint density at radius 3 is 2.93 bits per heavy atom.